The number of rotatable bonds is 0. The standard InChI is InChI=1S/C15H22N2O2/c1-10-8-9-17(14(18)19-15(3,4)5)12-7-6-11(2)16-13(10)12/h6-7,10H,8-9H2,1-5H3/t10-/m0/s1. The van der Waals surface area contributed by atoms with Crippen LogP contribution >= 0.6 is 0 Å². The van der Waals surface area contributed by atoms with Crippen molar-refractivity contribution < 1.29 is 9.53 Å². The molecule has 1 aromatic heterocycles. The first-order valence-electron chi connectivity index (χ1n) is 6.76. The Morgan fingerprint density at radius 1 is 1.42 bits per heavy atom. The summed E-state index contributed by atoms with van der Waals surface area (Å²) in [4.78, 5) is 18.5. The summed E-state index contributed by atoms with van der Waals surface area (Å²) in [5, 5.41) is 0. The van der Waals surface area contributed by atoms with Crippen LogP contribution in [0.4, 0.5) is 10.5 Å². The first-order valence-corrected chi connectivity index (χ1v) is 6.76. The van der Waals surface area contributed by atoms with E-state index in [1.54, 1.807) is 4.90 Å². The van der Waals surface area contributed by atoms with E-state index in [2.05, 4.69) is 11.9 Å². The monoisotopic (exact) mass is 262 g/mol. The Bertz CT molecular complexity index is 491. The average molecular weight is 262 g/mol. The molecule has 0 spiro atoms. The van der Waals surface area contributed by atoms with Crippen molar-refractivity contribution in [2.45, 2.75) is 52.6 Å². The van der Waals surface area contributed by atoms with Crippen molar-refractivity contribution in [1.29, 1.82) is 0 Å². The van der Waals surface area contributed by atoms with E-state index in [9.17, 15) is 4.79 Å². The van der Waals surface area contributed by atoms with Gasteiger partial charge in [-0.05, 0) is 46.2 Å². The highest BCUT2D eigenvalue weighted by atomic mass is 16.6. The molecular weight excluding hydrogens is 240 g/mol. The van der Waals surface area contributed by atoms with E-state index in [4.69, 9.17) is 4.74 Å². The van der Waals surface area contributed by atoms with Gasteiger partial charge in [-0.3, -0.25) is 9.88 Å². The Hall–Kier alpha value is -1.58. The van der Waals surface area contributed by atoms with Crippen LogP contribution in [0.2, 0.25) is 0 Å². The van der Waals surface area contributed by atoms with Gasteiger partial charge in [-0.2, -0.15) is 0 Å². The molecule has 0 radical (unpaired) electrons. The normalized spacial score (nSPS) is 19.0. The van der Waals surface area contributed by atoms with Gasteiger partial charge in [-0.25, -0.2) is 4.79 Å². The first kappa shape index (κ1) is 13.8. The van der Waals surface area contributed by atoms with Crippen molar-refractivity contribution in [3.63, 3.8) is 0 Å². The summed E-state index contributed by atoms with van der Waals surface area (Å²) in [5.41, 5.74) is 2.39. The molecule has 1 aromatic rings. The van der Waals surface area contributed by atoms with E-state index in [0.29, 0.717) is 12.5 Å². The van der Waals surface area contributed by atoms with Crippen molar-refractivity contribution in [2.75, 3.05) is 11.4 Å². The zero-order chi connectivity index (χ0) is 14.2. The Morgan fingerprint density at radius 3 is 2.74 bits per heavy atom. The van der Waals surface area contributed by atoms with E-state index >= 15 is 0 Å². The maximum absolute atomic E-state index is 12.2. The smallest absolute Gasteiger partial charge is 0.414 e. The number of hydrogen-bond donors (Lipinski definition) is 0. The molecule has 0 saturated heterocycles. The van der Waals surface area contributed by atoms with Gasteiger partial charge in [0.2, 0.25) is 0 Å². The minimum atomic E-state index is -0.474. The van der Waals surface area contributed by atoms with Crippen LogP contribution in [-0.4, -0.2) is 23.2 Å². The van der Waals surface area contributed by atoms with Gasteiger partial charge in [0.1, 0.15) is 5.60 Å². The Labute approximate surface area is 114 Å². The molecule has 1 aliphatic heterocycles. The predicted octanol–water partition coefficient (Wildman–Crippen LogP) is 3.64. The number of anilines is 1. The van der Waals surface area contributed by atoms with Crippen LogP contribution < -0.4 is 4.90 Å². The summed E-state index contributed by atoms with van der Waals surface area (Å²) < 4.78 is 5.46. The minimum Gasteiger partial charge on any atom is -0.443 e. The fourth-order valence-corrected chi connectivity index (χ4v) is 2.25. The number of pyridine rings is 1. The van der Waals surface area contributed by atoms with E-state index < -0.39 is 5.60 Å². The lowest BCUT2D eigenvalue weighted by molar-refractivity contribution is 0.0576. The summed E-state index contributed by atoms with van der Waals surface area (Å²) in [6.45, 7) is 10.5. The van der Waals surface area contributed by atoms with E-state index in [1.807, 2.05) is 39.8 Å². The molecule has 2 rings (SSSR count). The van der Waals surface area contributed by atoms with E-state index in [-0.39, 0.29) is 6.09 Å². The van der Waals surface area contributed by atoms with Crippen molar-refractivity contribution >= 4 is 11.8 Å². The molecule has 0 unspecified atom stereocenters. The second-order valence-corrected chi connectivity index (χ2v) is 6.18. The third-order valence-electron chi connectivity index (χ3n) is 3.20. The van der Waals surface area contributed by atoms with E-state index in [1.165, 1.54) is 0 Å². The molecule has 19 heavy (non-hydrogen) atoms. The number of amides is 1. The fourth-order valence-electron chi connectivity index (χ4n) is 2.25. The van der Waals surface area contributed by atoms with Crippen LogP contribution in [0.5, 0.6) is 0 Å². The summed E-state index contributed by atoms with van der Waals surface area (Å²) in [6.07, 6.45) is 0.634. The van der Waals surface area contributed by atoms with E-state index in [0.717, 1.165) is 23.5 Å². The van der Waals surface area contributed by atoms with Crippen LogP contribution in [-0.2, 0) is 4.74 Å². The van der Waals surface area contributed by atoms with Gasteiger partial charge in [0.25, 0.3) is 0 Å². The molecule has 1 aliphatic rings. The number of hydrogen-bond acceptors (Lipinski definition) is 3. The van der Waals surface area contributed by atoms with Crippen molar-refractivity contribution in [1.82, 2.24) is 4.98 Å². The molecule has 0 saturated carbocycles. The summed E-state index contributed by atoms with van der Waals surface area (Å²) in [5.74, 6) is 0.383. The molecule has 104 valence electrons. The number of aromatic nitrogens is 1. The Kier molecular flexibility index (Phi) is 3.52. The number of carbonyl (C=O) groups is 1. The molecule has 1 atom stereocenters. The highest BCUT2D eigenvalue weighted by Crippen LogP contribution is 2.34. The number of nitrogens with zero attached hydrogens (tertiary/aromatic N) is 2. The molecule has 4 heteroatoms. The molecular formula is C15H22N2O2. The predicted molar refractivity (Wildman–Crippen MR) is 75.6 cm³/mol. The second kappa shape index (κ2) is 4.83. The number of fused-ring (bicyclic) bond motifs is 1. The zero-order valence-corrected chi connectivity index (χ0v) is 12.4. The highest BCUT2D eigenvalue weighted by Gasteiger charge is 2.30. The van der Waals surface area contributed by atoms with Gasteiger partial charge in [0.05, 0.1) is 11.4 Å². The number of aryl methyl sites for hydroxylation is 1. The molecule has 2 heterocycles. The van der Waals surface area contributed by atoms with Crippen LogP contribution in [0.25, 0.3) is 0 Å². The topological polar surface area (TPSA) is 42.4 Å². The first-order chi connectivity index (χ1) is 8.78. The molecule has 1 amide bonds. The average Bonchev–Trinajstić information content (AvgIpc) is 2.27. The lowest BCUT2D eigenvalue weighted by Crippen LogP contribution is -2.40. The van der Waals surface area contributed by atoms with Crippen LogP contribution in [0, 0.1) is 6.92 Å². The van der Waals surface area contributed by atoms with Crippen molar-refractivity contribution in [3.8, 4) is 0 Å². The summed E-state index contributed by atoms with van der Waals surface area (Å²) in [7, 11) is 0. The summed E-state index contributed by atoms with van der Waals surface area (Å²) >= 11 is 0. The molecule has 0 bridgehead atoms. The van der Waals surface area contributed by atoms with Gasteiger partial charge in [-0.15, -0.1) is 0 Å². The largest absolute Gasteiger partial charge is 0.443 e. The van der Waals surface area contributed by atoms with Crippen LogP contribution in [0.1, 0.15) is 51.4 Å². The van der Waals surface area contributed by atoms with Gasteiger partial charge in [0, 0.05) is 18.2 Å². The molecule has 0 fully saturated rings. The maximum atomic E-state index is 12.2. The zero-order valence-electron chi connectivity index (χ0n) is 12.4. The van der Waals surface area contributed by atoms with Gasteiger partial charge >= 0.3 is 6.09 Å². The van der Waals surface area contributed by atoms with Gasteiger partial charge < -0.3 is 4.74 Å². The van der Waals surface area contributed by atoms with Crippen molar-refractivity contribution in [3.05, 3.63) is 23.5 Å². The molecule has 0 aliphatic carbocycles. The van der Waals surface area contributed by atoms with Crippen molar-refractivity contribution in [2.24, 2.45) is 0 Å². The second-order valence-electron chi connectivity index (χ2n) is 6.18. The number of carbonyl (C=O) groups excluding carboxylic acids is 1. The minimum absolute atomic E-state index is 0.286. The fraction of sp³-hybridized carbons (Fsp3) is 0.600. The van der Waals surface area contributed by atoms with Gasteiger partial charge in [-0.1, -0.05) is 6.92 Å². The quantitative estimate of drug-likeness (QED) is 0.717. The highest BCUT2D eigenvalue weighted by molar-refractivity contribution is 5.89. The third-order valence-corrected chi connectivity index (χ3v) is 3.20. The lowest BCUT2D eigenvalue weighted by atomic mass is 9.96. The van der Waals surface area contributed by atoms with Crippen LogP contribution in [0.3, 0.4) is 0 Å². The molecule has 0 aromatic carbocycles. The third kappa shape index (κ3) is 3.06. The SMILES string of the molecule is Cc1ccc2c(n1)[C@@H](C)CCN2C(=O)OC(C)(C)C. The summed E-state index contributed by atoms with van der Waals surface area (Å²) in [6, 6.07) is 3.91. The lowest BCUT2D eigenvalue weighted by Gasteiger charge is -2.33. The van der Waals surface area contributed by atoms with Crippen LogP contribution in [0.15, 0.2) is 12.1 Å². The Morgan fingerprint density at radius 2 is 2.11 bits per heavy atom. The van der Waals surface area contributed by atoms with Gasteiger partial charge in [0.15, 0.2) is 0 Å². The molecule has 4 nitrogen and oxygen atoms in total. The molecule has 0 N–H and O–H groups in total. The number of ether oxygens (including phenoxy) is 1. The Balaban J connectivity index is 2.31. The maximum Gasteiger partial charge on any atom is 0.414 e.